The standard InChI is InChI=1S/C9H10N6O3/c1-14-3-5(2-11-14)8-7(9(17)18)12-13-15(8)4-6(10)16/h2-3H,4H2,1H3,(H2,10,16)(H,17,18). The molecule has 0 aliphatic carbocycles. The molecule has 1 amide bonds. The Labute approximate surface area is 101 Å². The Morgan fingerprint density at radius 3 is 2.72 bits per heavy atom. The number of carbonyl (C=O) groups is 2. The predicted octanol–water partition coefficient (Wildman–Crippen LogP) is -1.14. The van der Waals surface area contributed by atoms with E-state index in [1.165, 1.54) is 10.9 Å². The van der Waals surface area contributed by atoms with Gasteiger partial charge in [-0.25, -0.2) is 9.48 Å². The second-order valence-electron chi connectivity index (χ2n) is 3.62. The molecule has 2 heterocycles. The van der Waals surface area contributed by atoms with Gasteiger partial charge in [0.1, 0.15) is 12.2 Å². The fourth-order valence-electron chi connectivity index (χ4n) is 1.54. The highest BCUT2D eigenvalue weighted by atomic mass is 16.4. The number of hydrogen-bond donors (Lipinski definition) is 2. The smallest absolute Gasteiger partial charge is 0.358 e. The van der Waals surface area contributed by atoms with Gasteiger partial charge >= 0.3 is 5.97 Å². The van der Waals surface area contributed by atoms with E-state index in [-0.39, 0.29) is 17.9 Å². The van der Waals surface area contributed by atoms with E-state index in [0.29, 0.717) is 5.56 Å². The maximum absolute atomic E-state index is 11.0. The van der Waals surface area contributed by atoms with E-state index in [1.54, 1.807) is 13.2 Å². The summed E-state index contributed by atoms with van der Waals surface area (Å²) in [7, 11) is 1.69. The number of amides is 1. The number of primary amides is 1. The molecule has 0 aromatic carbocycles. The van der Waals surface area contributed by atoms with Crippen LogP contribution in [0.1, 0.15) is 10.5 Å². The molecule has 18 heavy (non-hydrogen) atoms. The van der Waals surface area contributed by atoms with Crippen molar-refractivity contribution >= 4 is 11.9 Å². The summed E-state index contributed by atoms with van der Waals surface area (Å²) in [6.07, 6.45) is 3.06. The number of aromatic nitrogens is 5. The van der Waals surface area contributed by atoms with Gasteiger partial charge in [0.2, 0.25) is 5.91 Å². The van der Waals surface area contributed by atoms with Crippen LogP contribution in [0.15, 0.2) is 12.4 Å². The zero-order valence-corrected chi connectivity index (χ0v) is 9.44. The summed E-state index contributed by atoms with van der Waals surface area (Å²) in [5.74, 6) is -1.87. The van der Waals surface area contributed by atoms with E-state index in [4.69, 9.17) is 10.8 Å². The van der Waals surface area contributed by atoms with Crippen molar-refractivity contribution in [2.75, 3.05) is 0 Å². The van der Waals surface area contributed by atoms with Crippen LogP contribution in [0.5, 0.6) is 0 Å². The highest BCUT2D eigenvalue weighted by Crippen LogP contribution is 2.21. The van der Waals surface area contributed by atoms with E-state index in [2.05, 4.69) is 15.4 Å². The Kier molecular flexibility index (Phi) is 2.80. The predicted molar refractivity (Wildman–Crippen MR) is 58.4 cm³/mol. The fourth-order valence-corrected chi connectivity index (χ4v) is 1.54. The molecule has 3 N–H and O–H groups in total. The van der Waals surface area contributed by atoms with Crippen LogP contribution in [0.25, 0.3) is 11.3 Å². The summed E-state index contributed by atoms with van der Waals surface area (Å²) in [4.78, 5) is 21.9. The summed E-state index contributed by atoms with van der Waals surface area (Å²) in [6.45, 7) is -0.246. The highest BCUT2D eigenvalue weighted by molar-refractivity contribution is 5.92. The van der Waals surface area contributed by atoms with Gasteiger partial charge < -0.3 is 10.8 Å². The lowest BCUT2D eigenvalue weighted by Crippen LogP contribution is -2.20. The third kappa shape index (κ3) is 2.05. The van der Waals surface area contributed by atoms with Gasteiger partial charge in [-0.1, -0.05) is 5.21 Å². The Bertz CT molecular complexity index is 614. The molecule has 9 nitrogen and oxygen atoms in total. The van der Waals surface area contributed by atoms with Crippen LogP contribution < -0.4 is 5.73 Å². The SMILES string of the molecule is Cn1cc(-c2c(C(=O)O)nnn2CC(N)=O)cn1. The zero-order chi connectivity index (χ0) is 13.3. The Morgan fingerprint density at radius 2 is 2.22 bits per heavy atom. The molecule has 94 valence electrons. The van der Waals surface area contributed by atoms with Crippen LogP contribution in [-0.2, 0) is 18.4 Å². The lowest BCUT2D eigenvalue weighted by Gasteiger charge is -2.02. The number of nitrogens with zero attached hydrogens (tertiary/aromatic N) is 5. The van der Waals surface area contributed by atoms with Gasteiger partial charge in [-0.15, -0.1) is 5.10 Å². The second-order valence-corrected chi connectivity index (χ2v) is 3.62. The molecule has 0 bridgehead atoms. The molecule has 2 aromatic heterocycles. The molecular formula is C9H10N6O3. The second kappa shape index (κ2) is 4.28. The molecule has 0 radical (unpaired) electrons. The van der Waals surface area contributed by atoms with Crippen molar-refractivity contribution in [1.82, 2.24) is 24.8 Å². The van der Waals surface area contributed by atoms with Crippen molar-refractivity contribution in [3.05, 3.63) is 18.1 Å². The molecule has 0 aliphatic heterocycles. The van der Waals surface area contributed by atoms with E-state index in [9.17, 15) is 9.59 Å². The first-order chi connectivity index (χ1) is 8.49. The minimum Gasteiger partial charge on any atom is -0.476 e. The van der Waals surface area contributed by atoms with Gasteiger partial charge in [-0.3, -0.25) is 9.48 Å². The first-order valence-corrected chi connectivity index (χ1v) is 4.93. The molecule has 9 heteroatoms. The molecule has 0 aliphatic rings. The van der Waals surface area contributed by atoms with Crippen LogP contribution >= 0.6 is 0 Å². The van der Waals surface area contributed by atoms with Crippen LogP contribution in [0.2, 0.25) is 0 Å². The molecule has 0 saturated carbocycles. The highest BCUT2D eigenvalue weighted by Gasteiger charge is 2.22. The van der Waals surface area contributed by atoms with Gasteiger partial charge in [-0.05, 0) is 0 Å². The van der Waals surface area contributed by atoms with Crippen LogP contribution in [-0.4, -0.2) is 41.8 Å². The quantitative estimate of drug-likeness (QED) is 0.705. The van der Waals surface area contributed by atoms with Gasteiger partial charge in [0.05, 0.1) is 6.20 Å². The van der Waals surface area contributed by atoms with E-state index >= 15 is 0 Å². The maximum atomic E-state index is 11.0. The molecule has 0 spiro atoms. The molecule has 0 fully saturated rings. The largest absolute Gasteiger partial charge is 0.476 e. The van der Waals surface area contributed by atoms with E-state index in [0.717, 1.165) is 4.68 Å². The van der Waals surface area contributed by atoms with E-state index < -0.39 is 11.9 Å². The van der Waals surface area contributed by atoms with Gasteiger partial charge in [-0.2, -0.15) is 5.10 Å². The molecule has 2 rings (SSSR count). The van der Waals surface area contributed by atoms with Crippen molar-refractivity contribution in [1.29, 1.82) is 0 Å². The number of carboxylic acids is 1. The van der Waals surface area contributed by atoms with Crippen LogP contribution in [0, 0.1) is 0 Å². The number of carboxylic acid groups (broad SMARTS) is 1. The minimum atomic E-state index is -1.23. The fraction of sp³-hybridized carbons (Fsp3) is 0.222. The van der Waals surface area contributed by atoms with Gasteiger partial charge in [0.15, 0.2) is 5.69 Å². The number of rotatable bonds is 4. The Balaban J connectivity index is 2.56. The molecule has 0 saturated heterocycles. The molecule has 0 unspecified atom stereocenters. The van der Waals surface area contributed by atoms with Gasteiger partial charge in [0, 0.05) is 18.8 Å². The topological polar surface area (TPSA) is 129 Å². The van der Waals surface area contributed by atoms with Crippen LogP contribution in [0.3, 0.4) is 0 Å². The Morgan fingerprint density at radius 1 is 1.50 bits per heavy atom. The van der Waals surface area contributed by atoms with Crippen molar-refractivity contribution in [2.24, 2.45) is 12.8 Å². The summed E-state index contributed by atoms with van der Waals surface area (Å²) in [6, 6.07) is 0. The lowest BCUT2D eigenvalue weighted by molar-refractivity contribution is -0.118. The Hall–Kier alpha value is -2.71. The van der Waals surface area contributed by atoms with Crippen molar-refractivity contribution in [3.63, 3.8) is 0 Å². The maximum Gasteiger partial charge on any atom is 0.358 e. The molecule has 0 atom stereocenters. The summed E-state index contributed by atoms with van der Waals surface area (Å²) >= 11 is 0. The van der Waals surface area contributed by atoms with Gasteiger partial charge in [0.25, 0.3) is 0 Å². The average molecular weight is 250 g/mol. The lowest BCUT2D eigenvalue weighted by atomic mass is 10.2. The normalized spacial score (nSPS) is 10.5. The summed E-state index contributed by atoms with van der Waals surface area (Å²) in [5, 5.41) is 20.1. The monoisotopic (exact) mass is 250 g/mol. The summed E-state index contributed by atoms with van der Waals surface area (Å²) in [5.41, 5.74) is 5.52. The zero-order valence-electron chi connectivity index (χ0n) is 9.44. The van der Waals surface area contributed by atoms with Crippen molar-refractivity contribution < 1.29 is 14.7 Å². The first-order valence-electron chi connectivity index (χ1n) is 4.93. The number of hydrogen-bond acceptors (Lipinski definition) is 5. The number of carbonyl (C=O) groups excluding carboxylic acids is 1. The number of aryl methyl sites for hydroxylation is 1. The third-order valence-corrected chi connectivity index (χ3v) is 2.22. The van der Waals surface area contributed by atoms with Crippen LogP contribution in [0.4, 0.5) is 0 Å². The number of nitrogens with two attached hydrogens (primary N) is 1. The summed E-state index contributed by atoms with van der Waals surface area (Å²) < 4.78 is 2.64. The van der Waals surface area contributed by atoms with Crippen molar-refractivity contribution in [3.8, 4) is 11.3 Å². The molecular weight excluding hydrogens is 240 g/mol. The molecule has 2 aromatic rings. The van der Waals surface area contributed by atoms with E-state index in [1.807, 2.05) is 0 Å². The number of aromatic carboxylic acids is 1. The minimum absolute atomic E-state index is 0.203. The third-order valence-electron chi connectivity index (χ3n) is 2.22. The van der Waals surface area contributed by atoms with Crippen molar-refractivity contribution in [2.45, 2.75) is 6.54 Å². The average Bonchev–Trinajstić information content (AvgIpc) is 2.83. The first kappa shape index (κ1) is 11.8.